The molecule has 0 saturated carbocycles. The maximum Gasteiger partial charge on any atom is 0.356 e. The molecule has 1 aromatic carbocycles. The Morgan fingerprint density at radius 2 is 2.08 bits per heavy atom. The SMILES string of the molecule is COC(=O)c1cc(OCC(=O)N2CCC(F)(F)C2)c2ccc(C)cc2n1. The molecule has 138 valence electrons. The minimum absolute atomic E-state index is 0.00110. The third-order valence-corrected chi connectivity index (χ3v) is 4.20. The lowest BCUT2D eigenvalue weighted by Crippen LogP contribution is -2.35. The standard InChI is InChI=1S/C18H18F2N2O4/c1-11-3-4-12-13(7-11)21-14(17(24)25-2)8-15(12)26-9-16(23)22-6-5-18(19,20)10-22/h3-4,7-8H,5-6,9-10H2,1-2H3. The molecule has 0 bridgehead atoms. The van der Waals surface area contributed by atoms with E-state index in [-0.39, 0.29) is 24.4 Å². The van der Waals surface area contributed by atoms with Crippen LogP contribution in [0.2, 0.25) is 0 Å². The number of carbonyl (C=O) groups is 2. The van der Waals surface area contributed by atoms with Crippen LogP contribution in [0.5, 0.6) is 5.75 Å². The Balaban J connectivity index is 1.84. The average molecular weight is 364 g/mol. The van der Waals surface area contributed by atoms with Crippen molar-refractivity contribution in [2.45, 2.75) is 19.3 Å². The maximum absolute atomic E-state index is 13.3. The zero-order chi connectivity index (χ0) is 18.9. The van der Waals surface area contributed by atoms with Crippen LogP contribution >= 0.6 is 0 Å². The highest BCUT2D eigenvalue weighted by Crippen LogP contribution is 2.29. The van der Waals surface area contributed by atoms with Crippen molar-refractivity contribution < 1.29 is 27.8 Å². The second-order valence-corrected chi connectivity index (χ2v) is 6.23. The summed E-state index contributed by atoms with van der Waals surface area (Å²) in [7, 11) is 1.24. The molecule has 0 aliphatic carbocycles. The van der Waals surface area contributed by atoms with E-state index in [9.17, 15) is 18.4 Å². The molecule has 8 heteroatoms. The molecular weight excluding hydrogens is 346 g/mol. The Hall–Kier alpha value is -2.77. The van der Waals surface area contributed by atoms with Crippen LogP contribution in [0.1, 0.15) is 22.5 Å². The molecule has 0 radical (unpaired) electrons. The first kappa shape index (κ1) is 18.0. The van der Waals surface area contributed by atoms with E-state index >= 15 is 0 Å². The Bertz CT molecular complexity index is 870. The van der Waals surface area contributed by atoms with Crippen LogP contribution in [-0.2, 0) is 9.53 Å². The summed E-state index contributed by atoms with van der Waals surface area (Å²) in [5, 5.41) is 0.614. The molecule has 2 heterocycles. The first-order valence-electron chi connectivity index (χ1n) is 8.07. The molecule has 1 aliphatic heterocycles. The molecule has 3 rings (SSSR count). The molecule has 1 aromatic heterocycles. The third kappa shape index (κ3) is 3.74. The summed E-state index contributed by atoms with van der Waals surface area (Å²) in [5.41, 5.74) is 1.50. The normalized spacial score (nSPS) is 15.9. The monoisotopic (exact) mass is 364 g/mol. The summed E-state index contributed by atoms with van der Waals surface area (Å²) in [6.45, 7) is 0.880. The van der Waals surface area contributed by atoms with Crippen LogP contribution in [0.15, 0.2) is 24.3 Å². The van der Waals surface area contributed by atoms with E-state index in [4.69, 9.17) is 4.74 Å². The van der Waals surface area contributed by atoms with Gasteiger partial charge in [-0.15, -0.1) is 0 Å². The van der Waals surface area contributed by atoms with E-state index in [0.29, 0.717) is 10.9 Å². The zero-order valence-corrected chi connectivity index (χ0v) is 14.4. The second-order valence-electron chi connectivity index (χ2n) is 6.23. The van der Waals surface area contributed by atoms with Gasteiger partial charge in [-0.2, -0.15) is 0 Å². The van der Waals surface area contributed by atoms with Crippen molar-refractivity contribution in [2.24, 2.45) is 0 Å². The quantitative estimate of drug-likeness (QED) is 0.780. The van der Waals surface area contributed by atoms with Crippen molar-refractivity contribution >= 4 is 22.8 Å². The summed E-state index contributed by atoms with van der Waals surface area (Å²) in [6.07, 6.45) is -0.345. The molecule has 26 heavy (non-hydrogen) atoms. The first-order valence-corrected chi connectivity index (χ1v) is 8.07. The number of ether oxygens (including phenoxy) is 2. The van der Waals surface area contributed by atoms with Gasteiger partial charge in [0, 0.05) is 24.4 Å². The second kappa shape index (κ2) is 6.86. The highest BCUT2D eigenvalue weighted by molar-refractivity contribution is 5.94. The number of esters is 1. The molecule has 2 aromatic rings. The first-order chi connectivity index (χ1) is 12.3. The Kier molecular flexibility index (Phi) is 4.76. The summed E-state index contributed by atoms with van der Waals surface area (Å²) in [4.78, 5) is 29.3. The number of nitrogens with zero attached hydrogens (tertiary/aromatic N) is 2. The van der Waals surface area contributed by atoms with Crippen LogP contribution < -0.4 is 4.74 Å². The van der Waals surface area contributed by atoms with Gasteiger partial charge in [0.2, 0.25) is 0 Å². The van der Waals surface area contributed by atoms with Crippen molar-refractivity contribution in [1.82, 2.24) is 9.88 Å². The number of hydrogen-bond donors (Lipinski definition) is 0. The maximum atomic E-state index is 13.3. The fourth-order valence-corrected chi connectivity index (χ4v) is 2.81. The number of pyridine rings is 1. The number of amides is 1. The number of methoxy groups -OCH3 is 1. The van der Waals surface area contributed by atoms with Crippen molar-refractivity contribution in [2.75, 3.05) is 26.8 Å². The number of aromatic nitrogens is 1. The van der Waals surface area contributed by atoms with Gasteiger partial charge in [0.15, 0.2) is 12.3 Å². The minimum Gasteiger partial charge on any atom is -0.483 e. The lowest BCUT2D eigenvalue weighted by molar-refractivity contribution is -0.133. The van der Waals surface area contributed by atoms with Gasteiger partial charge in [-0.05, 0) is 24.6 Å². The number of rotatable bonds is 4. The number of alkyl halides is 2. The predicted molar refractivity (Wildman–Crippen MR) is 89.5 cm³/mol. The van der Waals surface area contributed by atoms with Gasteiger partial charge in [-0.1, -0.05) is 6.07 Å². The number of halogens is 2. The lowest BCUT2D eigenvalue weighted by Gasteiger charge is -2.17. The topological polar surface area (TPSA) is 68.7 Å². The van der Waals surface area contributed by atoms with Gasteiger partial charge in [-0.25, -0.2) is 18.6 Å². The van der Waals surface area contributed by atoms with Crippen LogP contribution in [0.3, 0.4) is 0 Å². The summed E-state index contributed by atoms with van der Waals surface area (Å²) < 4.78 is 36.7. The number of benzene rings is 1. The fraction of sp³-hybridized carbons (Fsp3) is 0.389. The third-order valence-electron chi connectivity index (χ3n) is 4.20. The van der Waals surface area contributed by atoms with Crippen LogP contribution in [-0.4, -0.2) is 54.5 Å². The Labute approximate surface area is 148 Å². The molecule has 6 nitrogen and oxygen atoms in total. The number of likely N-dealkylation sites (tertiary alicyclic amines) is 1. The van der Waals surface area contributed by atoms with Crippen molar-refractivity contribution in [3.63, 3.8) is 0 Å². The highest BCUT2D eigenvalue weighted by atomic mass is 19.3. The van der Waals surface area contributed by atoms with Crippen molar-refractivity contribution in [1.29, 1.82) is 0 Å². The number of carbonyl (C=O) groups excluding carboxylic acids is 2. The summed E-state index contributed by atoms with van der Waals surface area (Å²) in [6, 6.07) is 6.77. The number of fused-ring (bicyclic) bond motifs is 1. The molecule has 0 spiro atoms. The van der Waals surface area contributed by atoms with E-state index < -0.39 is 31.0 Å². The number of aryl methyl sites for hydroxylation is 1. The van der Waals surface area contributed by atoms with E-state index in [2.05, 4.69) is 9.72 Å². The smallest absolute Gasteiger partial charge is 0.356 e. The molecule has 1 fully saturated rings. The van der Waals surface area contributed by atoms with Crippen molar-refractivity contribution in [3.8, 4) is 5.75 Å². The van der Waals surface area contributed by atoms with Crippen LogP contribution in [0.25, 0.3) is 10.9 Å². The zero-order valence-electron chi connectivity index (χ0n) is 14.4. The molecule has 1 aliphatic rings. The Morgan fingerprint density at radius 1 is 1.31 bits per heavy atom. The largest absolute Gasteiger partial charge is 0.483 e. The van der Waals surface area contributed by atoms with Gasteiger partial charge in [0.25, 0.3) is 11.8 Å². The predicted octanol–water partition coefficient (Wildman–Crippen LogP) is 2.58. The van der Waals surface area contributed by atoms with Crippen molar-refractivity contribution in [3.05, 3.63) is 35.5 Å². The van der Waals surface area contributed by atoms with E-state index in [1.165, 1.54) is 13.2 Å². The Morgan fingerprint density at radius 3 is 2.73 bits per heavy atom. The van der Waals surface area contributed by atoms with Crippen LogP contribution in [0, 0.1) is 6.92 Å². The number of hydrogen-bond acceptors (Lipinski definition) is 5. The average Bonchev–Trinajstić information content (AvgIpc) is 2.98. The summed E-state index contributed by atoms with van der Waals surface area (Å²) in [5.74, 6) is -3.74. The molecule has 0 unspecified atom stereocenters. The van der Waals surface area contributed by atoms with E-state index in [1.807, 2.05) is 13.0 Å². The molecule has 1 amide bonds. The minimum atomic E-state index is -2.85. The molecular formula is C18H18F2N2O4. The molecule has 0 N–H and O–H groups in total. The van der Waals surface area contributed by atoms with Gasteiger partial charge in [0.05, 0.1) is 19.2 Å². The van der Waals surface area contributed by atoms with Gasteiger partial charge in [-0.3, -0.25) is 4.79 Å². The van der Waals surface area contributed by atoms with E-state index in [0.717, 1.165) is 10.5 Å². The lowest BCUT2D eigenvalue weighted by atomic mass is 10.1. The summed E-state index contributed by atoms with van der Waals surface area (Å²) >= 11 is 0. The van der Waals surface area contributed by atoms with Gasteiger partial charge in [0.1, 0.15) is 5.75 Å². The molecule has 0 atom stereocenters. The highest BCUT2D eigenvalue weighted by Gasteiger charge is 2.40. The van der Waals surface area contributed by atoms with E-state index in [1.54, 1.807) is 12.1 Å². The van der Waals surface area contributed by atoms with Gasteiger partial charge >= 0.3 is 5.97 Å². The van der Waals surface area contributed by atoms with Crippen LogP contribution in [0.4, 0.5) is 8.78 Å². The fourth-order valence-electron chi connectivity index (χ4n) is 2.81. The molecule has 1 saturated heterocycles. The van der Waals surface area contributed by atoms with Gasteiger partial charge < -0.3 is 14.4 Å².